The quantitative estimate of drug-likeness (QED) is 0.779. The van der Waals surface area contributed by atoms with Crippen LogP contribution in [-0.2, 0) is 7.05 Å². The molecule has 1 unspecified atom stereocenters. The maximum atomic E-state index is 12.4. The van der Waals surface area contributed by atoms with Gasteiger partial charge in [-0.15, -0.1) is 0 Å². The van der Waals surface area contributed by atoms with Crippen molar-refractivity contribution in [3.63, 3.8) is 0 Å². The second kappa shape index (κ2) is 6.66. The first-order valence-electron chi connectivity index (χ1n) is 7.73. The SMILES string of the molecule is CC(C)C(NC(=O)c1cnn(C)c1)c1nc(-c2ccccc2)no1. The van der Waals surface area contributed by atoms with Crippen molar-refractivity contribution < 1.29 is 9.32 Å². The number of nitrogens with one attached hydrogen (secondary N) is 1. The predicted molar refractivity (Wildman–Crippen MR) is 88.0 cm³/mol. The molecule has 2 aromatic heterocycles. The summed E-state index contributed by atoms with van der Waals surface area (Å²) in [6.07, 6.45) is 3.19. The second-order valence-electron chi connectivity index (χ2n) is 5.92. The smallest absolute Gasteiger partial charge is 0.255 e. The highest BCUT2D eigenvalue weighted by atomic mass is 16.5. The number of amides is 1. The third kappa shape index (κ3) is 3.34. The predicted octanol–water partition coefficient (Wildman–Crippen LogP) is 2.60. The van der Waals surface area contributed by atoms with Gasteiger partial charge in [0.2, 0.25) is 11.7 Å². The van der Waals surface area contributed by atoms with Crippen LogP contribution in [0.3, 0.4) is 0 Å². The Morgan fingerprint density at radius 1 is 1.25 bits per heavy atom. The van der Waals surface area contributed by atoms with E-state index in [0.717, 1.165) is 5.56 Å². The maximum absolute atomic E-state index is 12.4. The second-order valence-corrected chi connectivity index (χ2v) is 5.92. The third-order valence-electron chi connectivity index (χ3n) is 3.66. The summed E-state index contributed by atoms with van der Waals surface area (Å²) >= 11 is 0. The number of hydrogen-bond acceptors (Lipinski definition) is 5. The van der Waals surface area contributed by atoms with Gasteiger partial charge in [0.1, 0.15) is 6.04 Å². The minimum atomic E-state index is -0.373. The third-order valence-corrected chi connectivity index (χ3v) is 3.66. The van der Waals surface area contributed by atoms with Gasteiger partial charge in [-0.25, -0.2) is 0 Å². The van der Waals surface area contributed by atoms with Crippen LogP contribution < -0.4 is 5.32 Å². The Morgan fingerprint density at radius 2 is 2.00 bits per heavy atom. The fraction of sp³-hybridized carbons (Fsp3) is 0.294. The van der Waals surface area contributed by atoms with Gasteiger partial charge in [0.25, 0.3) is 5.91 Å². The zero-order chi connectivity index (χ0) is 17.1. The first-order valence-corrected chi connectivity index (χ1v) is 7.73. The molecule has 0 aliphatic rings. The van der Waals surface area contributed by atoms with Gasteiger partial charge < -0.3 is 9.84 Å². The Morgan fingerprint density at radius 3 is 2.62 bits per heavy atom. The molecule has 1 atom stereocenters. The molecule has 0 aliphatic heterocycles. The van der Waals surface area contributed by atoms with Gasteiger partial charge in [0.05, 0.1) is 11.8 Å². The van der Waals surface area contributed by atoms with Gasteiger partial charge in [-0.1, -0.05) is 49.3 Å². The van der Waals surface area contributed by atoms with Crippen molar-refractivity contribution in [1.29, 1.82) is 0 Å². The molecule has 0 saturated carbocycles. The van der Waals surface area contributed by atoms with Crippen molar-refractivity contribution in [2.75, 3.05) is 0 Å². The van der Waals surface area contributed by atoms with Gasteiger partial charge in [0, 0.05) is 18.8 Å². The number of carbonyl (C=O) groups is 1. The summed E-state index contributed by atoms with van der Waals surface area (Å²) in [4.78, 5) is 16.8. The van der Waals surface area contributed by atoms with E-state index < -0.39 is 0 Å². The summed E-state index contributed by atoms with van der Waals surface area (Å²) in [5.41, 5.74) is 1.36. The summed E-state index contributed by atoms with van der Waals surface area (Å²) in [5.74, 6) is 0.768. The van der Waals surface area contributed by atoms with Crippen molar-refractivity contribution in [1.82, 2.24) is 25.2 Å². The summed E-state index contributed by atoms with van der Waals surface area (Å²) in [5, 5.41) is 11.0. The van der Waals surface area contributed by atoms with Crippen LogP contribution in [0.1, 0.15) is 36.1 Å². The molecule has 0 aliphatic carbocycles. The molecule has 0 radical (unpaired) electrons. The molecule has 0 bridgehead atoms. The minimum absolute atomic E-state index is 0.0923. The number of carbonyl (C=O) groups excluding carboxylic acids is 1. The van der Waals surface area contributed by atoms with Crippen LogP contribution in [0, 0.1) is 5.92 Å². The number of benzene rings is 1. The molecule has 0 saturated heterocycles. The Hall–Kier alpha value is -2.96. The summed E-state index contributed by atoms with van der Waals surface area (Å²) < 4.78 is 6.97. The largest absolute Gasteiger partial charge is 0.340 e. The molecule has 2 heterocycles. The van der Waals surface area contributed by atoms with Crippen LogP contribution in [0.2, 0.25) is 0 Å². The molecule has 3 rings (SSSR count). The fourth-order valence-electron chi connectivity index (χ4n) is 2.34. The zero-order valence-corrected chi connectivity index (χ0v) is 13.8. The summed E-state index contributed by atoms with van der Waals surface area (Å²) in [6, 6.07) is 9.20. The molecule has 124 valence electrons. The van der Waals surface area contributed by atoms with E-state index in [1.165, 1.54) is 6.20 Å². The van der Waals surface area contributed by atoms with Gasteiger partial charge in [-0.2, -0.15) is 10.1 Å². The highest BCUT2D eigenvalue weighted by molar-refractivity contribution is 5.93. The zero-order valence-electron chi connectivity index (χ0n) is 13.8. The van der Waals surface area contributed by atoms with E-state index in [9.17, 15) is 4.79 Å². The highest BCUT2D eigenvalue weighted by Gasteiger charge is 2.25. The molecule has 0 spiro atoms. The Labute approximate surface area is 139 Å². The van der Waals surface area contributed by atoms with E-state index in [-0.39, 0.29) is 17.9 Å². The Bertz CT molecular complexity index is 822. The number of aryl methyl sites for hydroxylation is 1. The van der Waals surface area contributed by atoms with Crippen LogP contribution in [-0.4, -0.2) is 25.8 Å². The molecule has 7 nitrogen and oxygen atoms in total. The molecular formula is C17H19N5O2. The lowest BCUT2D eigenvalue weighted by atomic mass is 10.0. The van der Waals surface area contributed by atoms with Crippen LogP contribution in [0.25, 0.3) is 11.4 Å². The maximum Gasteiger partial charge on any atom is 0.255 e. The van der Waals surface area contributed by atoms with Crippen LogP contribution in [0.15, 0.2) is 47.2 Å². The lowest BCUT2D eigenvalue weighted by Crippen LogP contribution is -2.31. The first-order chi connectivity index (χ1) is 11.5. The van der Waals surface area contributed by atoms with Crippen LogP contribution in [0.4, 0.5) is 0 Å². The summed E-state index contributed by atoms with van der Waals surface area (Å²) in [6.45, 7) is 3.97. The molecule has 7 heteroatoms. The van der Waals surface area contributed by atoms with Crippen molar-refractivity contribution in [2.24, 2.45) is 13.0 Å². The average Bonchev–Trinajstić information content (AvgIpc) is 3.22. The van der Waals surface area contributed by atoms with Crippen molar-refractivity contribution in [3.8, 4) is 11.4 Å². The number of aromatic nitrogens is 4. The van der Waals surface area contributed by atoms with Crippen molar-refractivity contribution in [2.45, 2.75) is 19.9 Å². The number of hydrogen-bond donors (Lipinski definition) is 1. The average molecular weight is 325 g/mol. The lowest BCUT2D eigenvalue weighted by Gasteiger charge is -2.17. The van der Waals surface area contributed by atoms with E-state index in [2.05, 4.69) is 20.6 Å². The molecular weight excluding hydrogens is 306 g/mol. The van der Waals surface area contributed by atoms with Crippen LogP contribution in [0.5, 0.6) is 0 Å². The van der Waals surface area contributed by atoms with Crippen molar-refractivity contribution >= 4 is 5.91 Å². The fourth-order valence-corrected chi connectivity index (χ4v) is 2.34. The van der Waals surface area contributed by atoms with E-state index in [1.807, 2.05) is 44.2 Å². The van der Waals surface area contributed by atoms with E-state index in [4.69, 9.17) is 4.52 Å². The Balaban J connectivity index is 1.81. The van der Waals surface area contributed by atoms with Gasteiger partial charge in [0.15, 0.2) is 0 Å². The molecule has 24 heavy (non-hydrogen) atoms. The van der Waals surface area contributed by atoms with Gasteiger partial charge in [-0.3, -0.25) is 9.48 Å². The molecule has 0 fully saturated rings. The minimum Gasteiger partial charge on any atom is -0.340 e. The highest BCUT2D eigenvalue weighted by Crippen LogP contribution is 2.23. The molecule has 1 amide bonds. The van der Waals surface area contributed by atoms with Gasteiger partial charge >= 0.3 is 0 Å². The Kier molecular flexibility index (Phi) is 4.41. The monoisotopic (exact) mass is 325 g/mol. The molecule has 3 aromatic rings. The van der Waals surface area contributed by atoms with Crippen molar-refractivity contribution in [3.05, 3.63) is 54.2 Å². The lowest BCUT2D eigenvalue weighted by molar-refractivity contribution is 0.0914. The summed E-state index contributed by atoms with van der Waals surface area (Å²) in [7, 11) is 1.76. The normalized spacial score (nSPS) is 12.3. The first kappa shape index (κ1) is 15.9. The topological polar surface area (TPSA) is 85.8 Å². The van der Waals surface area contributed by atoms with E-state index >= 15 is 0 Å². The molecule has 1 N–H and O–H groups in total. The van der Waals surface area contributed by atoms with E-state index in [0.29, 0.717) is 17.3 Å². The van der Waals surface area contributed by atoms with Crippen LogP contribution >= 0.6 is 0 Å². The standard InChI is InChI=1S/C17H19N5O2/c1-11(2)14(19-16(23)13-9-18-22(3)10-13)17-20-15(21-24-17)12-7-5-4-6-8-12/h4-11,14H,1-3H3,(H,19,23). The number of rotatable bonds is 5. The van der Waals surface area contributed by atoms with Gasteiger partial charge in [-0.05, 0) is 5.92 Å². The van der Waals surface area contributed by atoms with E-state index in [1.54, 1.807) is 17.9 Å². The molecule has 1 aromatic carbocycles. The number of nitrogens with zero attached hydrogens (tertiary/aromatic N) is 4.